The number of nitrogens with one attached hydrogen (secondary N) is 1. The summed E-state index contributed by atoms with van der Waals surface area (Å²) in [6, 6.07) is 2.29. The van der Waals surface area contributed by atoms with Gasteiger partial charge < -0.3 is 16.8 Å². The number of hydrogen-bond donors (Lipinski definition) is 3. The molecule has 0 aliphatic carbocycles. The van der Waals surface area contributed by atoms with E-state index in [1.165, 1.54) is 6.07 Å². The van der Waals surface area contributed by atoms with Crippen molar-refractivity contribution >= 4 is 23.2 Å². The Labute approximate surface area is 84.4 Å². The van der Waals surface area contributed by atoms with Gasteiger partial charge in [0.15, 0.2) is 0 Å². The summed E-state index contributed by atoms with van der Waals surface area (Å²) in [6.45, 7) is -0.159. The van der Waals surface area contributed by atoms with Gasteiger partial charge in [0.2, 0.25) is 5.91 Å². The molecule has 0 saturated carbocycles. The van der Waals surface area contributed by atoms with Gasteiger partial charge in [-0.2, -0.15) is 0 Å². The van der Waals surface area contributed by atoms with Crippen LogP contribution in [0, 0.1) is 10.1 Å². The van der Waals surface area contributed by atoms with Crippen molar-refractivity contribution < 1.29 is 9.72 Å². The van der Waals surface area contributed by atoms with Gasteiger partial charge in [-0.05, 0) is 0 Å². The summed E-state index contributed by atoms with van der Waals surface area (Å²) in [7, 11) is 0. The van der Waals surface area contributed by atoms with Crippen LogP contribution in [-0.4, -0.2) is 22.4 Å². The second-order valence-corrected chi connectivity index (χ2v) is 2.71. The van der Waals surface area contributed by atoms with Crippen molar-refractivity contribution in [2.24, 2.45) is 5.73 Å². The monoisotopic (exact) mass is 211 g/mol. The maximum absolute atomic E-state index is 10.4. The Hall–Kier alpha value is -2.38. The lowest BCUT2D eigenvalue weighted by atomic mass is 10.3. The van der Waals surface area contributed by atoms with Gasteiger partial charge >= 0.3 is 0 Å². The first-order chi connectivity index (χ1) is 6.99. The quantitative estimate of drug-likeness (QED) is 0.452. The van der Waals surface area contributed by atoms with Crippen molar-refractivity contribution in [3.05, 3.63) is 22.2 Å². The largest absolute Gasteiger partial charge is 0.383 e. The van der Waals surface area contributed by atoms with E-state index in [9.17, 15) is 14.9 Å². The number of carbonyl (C=O) groups is 1. The van der Waals surface area contributed by atoms with Gasteiger partial charge in [-0.25, -0.2) is 4.98 Å². The van der Waals surface area contributed by atoms with E-state index in [4.69, 9.17) is 11.5 Å². The van der Waals surface area contributed by atoms with Crippen molar-refractivity contribution in [2.45, 2.75) is 0 Å². The maximum Gasteiger partial charge on any atom is 0.276 e. The molecule has 8 heteroatoms. The normalized spacial score (nSPS) is 9.60. The predicted molar refractivity (Wildman–Crippen MR) is 53.0 cm³/mol. The fourth-order valence-electron chi connectivity index (χ4n) is 0.911. The van der Waals surface area contributed by atoms with Crippen LogP contribution in [0.25, 0.3) is 0 Å². The minimum Gasteiger partial charge on any atom is -0.383 e. The van der Waals surface area contributed by atoms with Crippen LogP contribution in [0.15, 0.2) is 12.1 Å². The van der Waals surface area contributed by atoms with E-state index in [0.717, 1.165) is 6.07 Å². The summed E-state index contributed by atoms with van der Waals surface area (Å²) in [5.41, 5.74) is 10.0. The molecule has 0 radical (unpaired) electrons. The molecule has 0 saturated heterocycles. The fraction of sp³-hybridized carbons (Fsp3) is 0.143. The Balaban J connectivity index is 2.88. The first-order valence-electron chi connectivity index (χ1n) is 3.93. The standard InChI is InChI=1S/C7H9N5O3/c8-5-1-4(12(14)15)2-7(11-5)10-3-6(9)13/h1-2H,3H2,(H2,9,13)(H3,8,10,11). The zero-order valence-corrected chi connectivity index (χ0v) is 7.64. The predicted octanol–water partition coefficient (Wildman–Crippen LogP) is -0.531. The molecule has 0 atom stereocenters. The average Bonchev–Trinajstić information content (AvgIpc) is 2.13. The SMILES string of the molecule is NC(=O)CNc1cc([N+](=O)[O-])cc(N)n1. The van der Waals surface area contributed by atoms with Crippen LogP contribution in [0.2, 0.25) is 0 Å². The number of nitrogens with two attached hydrogens (primary N) is 2. The minimum absolute atomic E-state index is 0.00355. The van der Waals surface area contributed by atoms with E-state index >= 15 is 0 Å². The third kappa shape index (κ3) is 3.10. The van der Waals surface area contributed by atoms with Crippen LogP contribution in [0.4, 0.5) is 17.3 Å². The van der Waals surface area contributed by atoms with Crippen molar-refractivity contribution in [3.8, 4) is 0 Å². The smallest absolute Gasteiger partial charge is 0.276 e. The molecule has 8 nitrogen and oxygen atoms in total. The van der Waals surface area contributed by atoms with Crippen molar-refractivity contribution in [3.63, 3.8) is 0 Å². The van der Waals surface area contributed by atoms with Crippen LogP contribution in [0.1, 0.15) is 0 Å². The Morgan fingerprint density at radius 3 is 2.80 bits per heavy atom. The van der Waals surface area contributed by atoms with Crippen LogP contribution in [0.3, 0.4) is 0 Å². The number of nitrogen functional groups attached to an aromatic ring is 1. The molecule has 0 bridgehead atoms. The zero-order valence-electron chi connectivity index (χ0n) is 7.64. The Morgan fingerprint density at radius 2 is 2.27 bits per heavy atom. The number of rotatable bonds is 4. The second-order valence-electron chi connectivity index (χ2n) is 2.71. The number of pyridine rings is 1. The molecular formula is C7H9N5O3. The van der Waals surface area contributed by atoms with E-state index in [1.54, 1.807) is 0 Å². The highest BCUT2D eigenvalue weighted by Crippen LogP contribution is 2.18. The summed E-state index contributed by atoms with van der Waals surface area (Å²) in [4.78, 5) is 24.0. The highest BCUT2D eigenvalue weighted by molar-refractivity contribution is 5.78. The number of anilines is 2. The lowest BCUT2D eigenvalue weighted by Crippen LogP contribution is -2.22. The molecule has 0 unspecified atom stereocenters. The van der Waals surface area contributed by atoms with Crippen molar-refractivity contribution in [1.82, 2.24) is 4.98 Å². The second kappa shape index (κ2) is 4.22. The summed E-state index contributed by atoms with van der Waals surface area (Å²) >= 11 is 0. The van der Waals surface area contributed by atoms with Crippen LogP contribution in [-0.2, 0) is 4.79 Å². The van der Waals surface area contributed by atoms with E-state index in [2.05, 4.69) is 10.3 Å². The van der Waals surface area contributed by atoms with Crippen LogP contribution in [0.5, 0.6) is 0 Å². The average molecular weight is 211 g/mol. The van der Waals surface area contributed by atoms with Gasteiger partial charge in [-0.15, -0.1) is 0 Å². The number of nitrogens with zero attached hydrogens (tertiary/aromatic N) is 2. The van der Waals surface area contributed by atoms with Gasteiger partial charge in [0.05, 0.1) is 23.6 Å². The minimum atomic E-state index is -0.604. The fourth-order valence-corrected chi connectivity index (χ4v) is 0.911. The highest BCUT2D eigenvalue weighted by atomic mass is 16.6. The Morgan fingerprint density at radius 1 is 1.60 bits per heavy atom. The van der Waals surface area contributed by atoms with Crippen LogP contribution < -0.4 is 16.8 Å². The molecular weight excluding hydrogens is 202 g/mol. The van der Waals surface area contributed by atoms with E-state index < -0.39 is 10.8 Å². The summed E-state index contributed by atoms with van der Waals surface area (Å²) in [6.07, 6.45) is 0. The van der Waals surface area contributed by atoms with Gasteiger partial charge in [-0.1, -0.05) is 0 Å². The molecule has 0 fully saturated rings. The van der Waals surface area contributed by atoms with E-state index in [1.807, 2.05) is 0 Å². The number of carbonyl (C=O) groups excluding carboxylic acids is 1. The number of nitro groups is 1. The molecule has 80 valence electrons. The lowest BCUT2D eigenvalue weighted by molar-refractivity contribution is -0.384. The van der Waals surface area contributed by atoms with Crippen molar-refractivity contribution in [1.29, 1.82) is 0 Å². The molecule has 0 aliphatic heterocycles. The third-order valence-electron chi connectivity index (χ3n) is 1.48. The number of aromatic nitrogens is 1. The molecule has 0 aliphatic rings. The third-order valence-corrected chi connectivity index (χ3v) is 1.48. The Bertz CT molecular complexity index is 406. The van der Waals surface area contributed by atoms with Gasteiger partial charge in [0, 0.05) is 0 Å². The summed E-state index contributed by atoms with van der Waals surface area (Å²) in [5.74, 6) is -0.460. The maximum atomic E-state index is 10.4. The van der Waals surface area contributed by atoms with Crippen molar-refractivity contribution in [2.75, 3.05) is 17.6 Å². The van der Waals surface area contributed by atoms with E-state index in [-0.39, 0.29) is 23.9 Å². The molecule has 1 aromatic rings. The van der Waals surface area contributed by atoms with Gasteiger partial charge in [-0.3, -0.25) is 14.9 Å². The topological polar surface area (TPSA) is 137 Å². The first kappa shape index (κ1) is 10.7. The highest BCUT2D eigenvalue weighted by Gasteiger charge is 2.09. The molecule has 15 heavy (non-hydrogen) atoms. The summed E-state index contributed by atoms with van der Waals surface area (Å²) in [5, 5.41) is 13.0. The van der Waals surface area contributed by atoms with E-state index in [0.29, 0.717) is 0 Å². The molecule has 1 aromatic heterocycles. The first-order valence-corrected chi connectivity index (χ1v) is 3.93. The van der Waals surface area contributed by atoms with Crippen LogP contribution >= 0.6 is 0 Å². The number of hydrogen-bond acceptors (Lipinski definition) is 6. The van der Waals surface area contributed by atoms with Gasteiger partial charge in [0.1, 0.15) is 11.6 Å². The molecule has 1 amide bonds. The lowest BCUT2D eigenvalue weighted by Gasteiger charge is -2.03. The van der Waals surface area contributed by atoms with Gasteiger partial charge in [0.25, 0.3) is 5.69 Å². The number of amides is 1. The molecule has 1 rings (SSSR count). The molecule has 5 N–H and O–H groups in total. The zero-order chi connectivity index (χ0) is 11.4. The molecule has 0 aromatic carbocycles. The molecule has 0 spiro atoms. The number of primary amides is 1. The Kier molecular flexibility index (Phi) is 3.01. The summed E-state index contributed by atoms with van der Waals surface area (Å²) < 4.78 is 0. The molecule has 1 heterocycles.